The van der Waals surface area contributed by atoms with Crippen LogP contribution in [0.1, 0.15) is 19.3 Å². The van der Waals surface area contributed by atoms with Crippen LogP contribution in [0.5, 0.6) is 5.75 Å². The second-order valence-corrected chi connectivity index (χ2v) is 6.18. The third-order valence-corrected chi connectivity index (χ3v) is 4.31. The predicted octanol–water partition coefficient (Wildman–Crippen LogP) is 1.71. The van der Waals surface area contributed by atoms with Crippen LogP contribution < -0.4 is 4.74 Å². The van der Waals surface area contributed by atoms with Crippen molar-refractivity contribution < 1.29 is 14.2 Å². The van der Waals surface area contributed by atoms with Gasteiger partial charge in [-0.3, -0.25) is 9.58 Å². The average Bonchev–Trinajstić information content (AvgIpc) is 3.09. The van der Waals surface area contributed by atoms with E-state index in [-0.39, 0.29) is 12.4 Å². The number of aliphatic hydroxyl groups excluding tert-OH is 1. The molecule has 24 heavy (non-hydrogen) atoms. The first kappa shape index (κ1) is 16.9. The normalized spacial score (nSPS) is 20.0. The maximum Gasteiger partial charge on any atom is 0.137 e. The van der Waals surface area contributed by atoms with Crippen molar-refractivity contribution in [3.05, 3.63) is 42.7 Å². The number of likely N-dealkylation sites (tertiary alicyclic amines) is 1. The Bertz CT molecular complexity index is 606. The number of ether oxygens (including phenoxy) is 1. The predicted molar refractivity (Wildman–Crippen MR) is 87.1 cm³/mol. The van der Waals surface area contributed by atoms with Gasteiger partial charge in [-0.15, -0.1) is 0 Å². The van der Waals surface area contributed by atoms with Gasteiger partial charge >= 0.3 is 0 Å². The van der Waals surface area contributed by atoms with Gasteiger partial charge in [-0.25, -0.2) is 9.37 Å². The van der Waals surface area contributed by atoms with Gasteiger partial charge in [0.15, 0.2) is 0 Å². The van der Waals surface area contributed by atoms with E-state index in [2.05, 4.69) is 15.0 Å². The quantitative estimate of drug-likeness (QED) is 0.835. The van der Waals surface area contributed by atoms with Gasteiger partial charge in [0.2, 0.25) is 0 Å². The highest BCUT2D eigenvalue weighted by atomic mass is 19.1. The molecule has 2 unspecified atom stereocenters. The van der Waals surface area contributed by atoms with E-state index in [1.807, 2.05) is 4.68 Å². The Labute approximate surface area is 140 Å². The van der Waals surface area contributed by atoms with Crippen molar-refractivity contribution >= 4 is 0 Å². The lowest BCUT2D eigenvalue weighted by molar-refractivity contribution is 0.0345. The molecule has 3 rings (SSSR count). The van der Waals surface area contributed by atoms with E-state index in [4.69, 9.17) is 4.74 Å². The number of nitrogens with zero attached hydrogens (tertiary/aromatic N) is 4. The lowest BCUT2D eigenvalue weighted by Crippen LogP contribution is -2.46. The highest BCUT2D eigenvalue weighted by Gasteiger charge is 2.25. The van der Waals surface area contributed by atoms with Gasteiger partial charge in [-0.2, -0.15) is 5.10 Å². The van der Waals surface area contributed by atoms with Crippen molar-refractivity contribution in [2.45, 2.75) is 38.0 Å². The van der Waals surface area contributed by atoms with Crippen LogP contribution in [0, 0.1) is 5.82 Å². The molecule has 130 valence electrons. The van der Waals surface area contributed by atoms with Crippen molar-refractivity contribution in [2.24, 2.45) is 0 Å². The van der Waals surface area contributed by atoms with Gasteiger partial charge in [0, 0.05) is 12.6 Å². The summed E-state index contributed by atoms with van der Waals surface area (Å²) in [4.78, 5) is 6.28. The monoisotopic (exact) mass is 334 g/mol. The Balaban J connectivity index is 1.49. The first-order valence-electron chi connectivity index (χ1n) is 8.33. The number of β-amino-alcohol motifs (C(OH)–C–C–N with tert-alkyl or cyclic N) is 1. The number of benzene rings is 1. The zero-order valence-corrected chi connectivity index (χ0v) is 13.6. The van der Waals surface area contributed by atoms with Crippen molar-refractivity contribution in [1.82, 2.24) is 19.7 Å². The van der Waals surface area contributed by atoms with Gasteiger partial charge in [-0.1, -0.05) is 6.42 Å². The third kappa shape index (κ3) is 4.75. The summed E-state index contributed by atoms with van der Waals surface area (Å²) in [5.41, 5.74) is 0. The maximum absolute atomic E-state index is 12.9. The Morgan fingerprint density at radius 2 is 2.12 bits per heavy atom. The topological polar surface area (TPSA) is 63.4 Å². The molecular formula is C17H23FN4O2. The lowest BCUT2D eigenvalue weighted by Gasteiger charge is -2.36. The highest BCUT2D eigenvalue weighted by Crippen LogP contribution is 2.19. The highest BCUT2D eigenvalue weighted by molar-refractivity contribution is 5.22. The molecule has 0 amide bonds. The smallest absolute Gasteiger partial charge is 0.137 e. The van der Waals surface area contributed by atoms with Crippen LogP contribution in [0.3, 0.4) is 0 Å². The standard InChI is InChI=1S/C17H23FN4O2/c18-14-4-6-17(7-5-14)24-11-16(23)10-21-8-2-1-3-15(21)9-22-13-19-12-20-22/h4-7,12-13,15-16,23H,1-3,8-11H2. The summed E-state index contributed by atoms with van der Waals surface area (Å²) in [5, 5.41) is 14.5. The molecule has 0 saturated carbocycles. The van der Waals surface area contributed by atoms with Crippen molar-refractivity contribution in [3.63, 3.8) is 0 Å². The summed E-state index contributed by atoms with van der Waals surface area (Å²) in [6, 6.07) is 6.18. The van der Waals surface area contributed by atoms with E-state index in [1.54, 1.807) is 24.8 Å². The Morgan fingerprint density at radius 3 is 2.88 bits per heavy atom. The molecular weight excluding hydrogens is 311 g/mol. The molecule has 1 aliphatic heterocycles. The molecule has 1 fully saturated rings. The number of rotatable bonds is 7. The number of aromatic nitrogens is 3. The van der Waals surface area contributed by atoms with E-state index < -0.39 is 6.10 Å². The van der Waals surface area contributed by atoms with E-state index >= 15 is 0 Å². The molecule has 1 aromatic carbocycles. The summed E-state index contributed by atoms with van der Waals surface area (Å²) in [5.74, 6) is 0.264. The van der Waals surface area contributed by atoms with Crippen LogP contribution in [0.2, 0.25) is 0 Å². The molecule has 1 saturated heterocycles. The zero-order valence-electron chi connectivity index (χ0n) is 13.6. The molecule has 1 aliphatic rings. The first-order chi connectivity index (χ1) is 11.7. The zero-order chi connectivity index (χ0) is 16.8. The van der Waals surface area contributed by atoms with Gasteiger partial charge in [0.1, 0.15) is 36.9 Å². The lowest BCUT2D eigenvalue weighted by atomic mass is 10.0. The molecule has 2 atom stereocenters. The molecule has 1 N–H and O–H groups in total. The molecule has 0 aliphatic carbocycles. The molecule has 0 bridgehead atoms. The number of hydrogen-bond acceptors (Lipinski definition) is 5. The van der Waals surface area contributed by atoms with E-state index in [1.165, 1.54) is 18.6 Å². The van der Waals surface area contributed by atoms with Crippen molar-refractivity contribution in [1.29, 1.82) is 0 Å². The summed E-state index contributed by atoms with van der Waals surface area (Å²) in [6.45, 7) is 2.50. The molecule has 7 heteroatoms. The Kier molecular flexibility index (Phi) is 5.77. The molecule has 0 radical (unpaired) electrons. The molecule has 0 spiro atoms. The van der Waals surface area contributed by atoms with E-state index in [9.17, 15) is 9.50 Å². The minimum Gasteiger partial charge on any atom is -0.491 e. The summed E-state index contributed by atoms with van der Waals surface area (Å²) < 4.78 is 20.2. The first-order valence-corrected chi connectivity index (χ1v) is 8.33. The van der Waals surface area contributed by atoms with Gasteiger partial charge in [-0.05, 0) is 43.7 Å². The fourth-order valence-electron chi connectivity index (χ4n) is 3.10. The van der Waals surface area contributed by atoms with Crippen LogP contribution in [-0.4, -0.2) is 56.6 Å². The summed E-state index contributed by atoms with van der Waals surface area (Å²) in [6.07, 6.45) is 6.09. The van der Waals surface area contributed by atoms with E-state index in [0.717, 1.165) is 25.9 Å². The molecule has 6 nitrogen and oxygen atoms in total. The van der Waals surface area contributed by atoms with Crippen LogP contribution >= 0.6 is 0 Å². The van der Waals surface area contributed by atoms with Crippen LogP contribution in [0.25, 0.3) is 0 Å². The Hall–Kier alpha value is -1.99. The van der Waals surface area contributed by atoms with Crippen LogP contribution in [0.15, 0.2) is 36.9 Å². The number of aliphatic hydroxyl groups is 1. The van der Waals surface area contributed by atoms with Gasteiger partial charge in [0.25, 0.3) is 0 Å². The minimum absolute atomic E-state index is 0.193. The average molecular weight is 334 g/mol. The fourth-order valence-corrected chi connectivity index (χ4v) is 3.10. The van der Waals surface area contributed by atoms with Crippen molar-refractivity contribution in [2.75, 3.05) is 19.7 Å². The third-order valence-electron chi connectivity index (χ3n) is 4.31. The number of piperidine rings is 1. The van der Waals surface area contributed by atoms with Gasteiger partial charge < -0.3 is 9.84 Å². The van der Waals surface area contributed by atoms with Crippen LogP contribution in [0.4, 0.5) is 4.39 Å². The summed E-state index contributed by atoms with van der Waals surface area (Å²) >= 11 is 0. The second kappa shape index (κ2) is 8.21. The maximum atomic E-state index is 12.9. The molecule has 2 aromatic rings. The Morgan fingerprint density at radius 1 is 1.29 bits per heavy atom. The summed E-state index contributed by atoms with van der Waals surface area (Å²) in [7, 11) is 0. The minimum atomic E-state index is -0.591. The largest absolute Gasteiger partial charge is 0.491 e. The second-order valence-electron chi connectivity index (χ2n) is 6.18. The molecule has 1 aromatic heterocycles. The number of halogens is 1. The number of hydrogen-bond donors (Lipinski definition) is 1. The van der Waals surface area contributed by atoms with E-state index in [0.29, 0.717) is 18.3 Å². The fraction of sp³-hybridized carbons (Fsp3) is 0.529. The van der Waals surface area contributed by atoms with Crippen LogP contribution in [-0.2, 0) is 6.54 Å². The molecule has 2 heterocycles. The van der Waals surface area contributed by atoms with Gasteiger partial charge in [0.05, 0.1) is 6.54 Å². The van der Waals surface area contributed by atoms with Crippen molar-refractivity contribution in [3.8, 4) is 5.75 Å². The SMILES string of the molecule is OC(COc1ccc(F)cc1)CN1CCCCC1Cn1cncn1.